The van der Waals surface area contributed by atoms with Crippen molar-refractivity contribution in [2.45, 2.75) is 277 Å². The molecule has 3 N–H and O–H groups in total. The molecule has 0 radical (unpaired) electrons. The van der Waals surface area contributed by atoms with E-state index in [-0.39, 0.29) is 38.6 Å². The van der Waals surface area contributed by atoms with Crippen LogP contribution in [0.4, 0.5) is 0 Å². The second-order valence-corrected chi connectivity index (χ2v) is 21.3. The SMILES string of the molecule is CC/C=C\C/C=C\C/C=C\C/C=C\CCCCCCCCC(=O)OC(COC(=O)CCCCCCCCCCCCCCCCCCCC/C=C\C/C=C\C/C=C\CCCCCCC)COP(=O)(O)OCCN. The molecule has 0 rings (SSSR count). The lowest BCUT2D eigenvalue weighted by Gasteiger charge is -2.19. The van der Waals surface area contributed by atoms with E-state index in [1.54, 1.807) is 0 Å². The van der Waals surface area contributed by atoms with E-state index in [0.717, 1.165) is 96.3 Å². The number of phosphoric ester groups is 1. The zero-order valence-corrected chi connectivity index (χ0v) is 48.0. The summed E-state index contributed by atoms with van der Waals surface area (Å²) in [7, 11) is -4.39. The number of carbonyl (C=O) groups excluding carboxylic acids is 2. The van der Waals surface area contributed by atoms with Crippen LogP contribution in [0.1, 0.15) is 271 Å². The summed E-state index contributed by atoms with van der Waals surface area (Å²) >= 11 is 0. The van der Waals surface area contributed by atoms with Gasteiger partial charge < -0.3 is 20.1 Å². The molecule has 0 aliphatic rings. The molecular weight excluding hydrogens is 930 g/mol. The Labute approximate surface area is 449 Å². The largest absolute Gasteiger partial charge is 0.472 e. The molecule has 0 aliphatic heterocycles. The topological polar surface area (TPSA) is 134 Å². The molecule has 2 unspecified atom stereocenters. The first kappa shape index (κ1) is 70.2. The summed E-state index contributed by atoms with van der Waals surface area (Å²) in [6.07, 6.45) is 76.5. The predicted octanol–water partition coefficient (Wildman–Crippen LogP) is 19.1. The van der Waals surface area contributed by atoms with Gasteiger partial charge in [-0.3, -0.25) is 18.6 Å². The maximum atomic E-state index is 12.7. The Hall–Kier alpha value is -2.81. The monoisotopic (exact) mass is 1040 g/mol. The molecule has 10 heteroatoms. The summed E-state index contributed by atoms with van der Waals surface area (Å²) in [4.78, 5) is 35.2. The smallest absolute Gasteiger partial charge is 0.462 e. The van der Waals surface area contributed by atoms with Gasteiger partial charge in [0.25, 0.3) is 0 Å². The molecular formula is C63H112NO8P. The maximum absolute atomic E-state index is 12.7. The lowest BCUT2D eigenvalue weighted by molar-refractivity contribution is -0.161. The summed E-state index contributed by atoms with van der Waals surface area (Å²) < 4.78 is 33.0. The van der Waals surface area contributed by atoms with Crippen molar-refractivity contribution in [3.05, 3.63) is 85.1 Å². The van der Waals surface area contributed by atoms with Crippen LogP contribution in [-0.4, -0.2) is 49.3 Å². The first-order valence-corrected chi connectivity index (χ1v) is 31.6. The first-order chi connectivity index (χ1) is 35.8. The minimum atomic E-state index is -4.39. The van der Waals surface area contributed by atoms with Crippen molar-refractivity contribution >= 4 is 19.8 Å². The van der Waals surface area contributed by atoms with Gasteiger partial charge in [-0.05, 0) is 89.9 Å². The first-order valence-electron chi connectivity index (χ1n) is 30.1. The molecule has 2 atom stereocenters. The van der Waals surface area contributed by atoms with Crippen LogP contribution in [0.15, 0.2) is 85.1 Å². The average molecular weight is 1040 g/mol. The molecule has 0 fully saturated rings. The van der Waals surface area contributed by atoms with Crippen LogP contribution >= 0.6 is 7.82 Å². The van der Waals surface area contributed by atoms with E-state index >= 15 is 0 Å². The Balaban J connectivity index is 3.91. The Morgan fingerprint density at radius 1 is 0.425 bits per heavy atom. The molecule has 0 heterocycles. The van der Waals surface area contributed by atoms with Crippen molar-refractivity contribution in [3.63, 3.8) is 0 Å². The molecule has 0 saturated heterocycles. The zero-order valence-electron chi connectivity index (χ0n) is 47.1. The maximum Gasteiger partial charge on any atom is 0.472 e. The standard InChI is InChI=1S/C63H112NO8P/c1-3-5-7-9-11-13-15-17-19-21-23-24-25-26-27-28-29-30-31-32-33-34-35-36-38-39-41-43-45-47-49-51-53-55-62(65)69-59-61(60-71-73(67,68)70-58-57-64)72-63(66)56-54-52-50-48-46-44-42-40-37-22-20-18-16-14-12-10-8-6-4-2/h6,8,12,14-15,17-18,20-21,23,25-26,37,40,61H,3-5,7,9-11,13,16,19,22,24,27-36,38-39,41-60,64H2,1-2H3,(H,67,68)/b8-6-,14-12-,17-15-,20-18-,23-21-,26-25-,40-37-. The second-order valence-electron chi connectivity index (χ2n) is 19.8. The molecule has 73 heavy (non-hydrogen) atoms. The van der Waals surface area contributed by atoms with Crippen LogP contribution < -0.4 is 5.73 Å². The number of allylic oxidation sites excluding steroid dienone is 14. The van der Waals surface area contributed by atoms with Gasteiger partial charge in [-0.2, -0.15) is 0 Å². The average Bonchev–Trinajstić information content (AvgIpc) is 3.38. The number of esters is 2. The highest BCUT2D eigenvalue weighted by molar-refractivity contribution is 7.47. The third-order valence-corrected chi connectivity index (χ3v) is 13.7. The van der Waals surface area contributed by atoms with E-state index in [9.17, 15) is 19.0 Å². The van der Waals surface area contributed by atoms with Crippen molar-refractivity contribution in [2.75, 3.05) is 26.4 Å². The number of nitrogens with two attached hydrogens (primary N) is 1. The molecule has 9 nitrogen and oxygen atoms in total. The molecule has 0 aromatic heterocycles. The van der Waals surface area contributed by atoms with Gasteiger partial charge in [0.2, 0.25) is 0 Å². The van der Waals surface area contributed by atoms with E-state index in [1.165, 1.54) is 141 Å². The number of carbonyl (C=O) groups is 2. The van der Waals surface area contributed by atoms with E-state index in [2.05, 4.69) is 98.9 Å². The lowest BCUT2D eigenvalue weighted by Crippen LogP contribution is -2.29. The van der Waals surface area contributed by atoms with Crippen LogP contribution in [0, 0.1) is 0 Å². The number of hydrogen-bond acceptors (Lipinski definition) is 8. The van der Waals surface area contributed by atoms with Gasteiger partial charge in [0.05, 0.1) is 13.2 Å². The molecule has 0 amide bonds. The Morgan fingerprint density at radius 3 is 1.12 bits per heavy atom. The van der Waals surface area contributed by atoms with Gasteiger partial charge in [0.1, 0.15) is 6.61 Å². The van der Waals surface area contributed by atoms with E-state index in [4.69, 9.17) is 24.3 Å². The van der Waals surface area contributed by atoms with Gasteiger partial charge in [-0.1, -0.05) is 253 Å². The van der Waals surface area contributed by atoms with Crippen molar-refractivity contribution in [3.8, 4) is 0 Å². The van der Waals surface area contributed by atoms with Crippen LogP contribution in [0.5, 0.6) is 0 Å². The van der Waals surface area contributed by atoms with Crippen LogP contribution in [0.25, 0.3) is 0 Å². The molecule has 0 saturated carbocycles. The van der Waals surface area contributed by atoms with Crippen LogP contribution in [-0.2, 0) is 32.7 Å². The number of unbranched alkanes of at least 4 members (excludes halogenated alkanes) is 29. The number of phosphoric acid groups is 1. The second kappa shape index (κ2) is 58.5. The third-order valence-electron chi connectivity index (χ3n) is 12.8. The third kappa shape index (κ3) is 58.3. The molecule has 0 aromatic rings. The summed E-state index contributed by atoms with van der Waals surface area (Å²) in [5, 5.41) is 0. The highest BCUT2D eigenvalue weighted by Crippen LogP contribution is 2.43. The Bertz CT molecular complexity index is 1470. The quantitative estimate of drug-likeness (QED) is 0.0264. The van der Waals surface area contributed by atoms with Crippen molar-refractivity contribution < 1.29 is 37.6 Å². The highest BCUT2D eigenvalue weighted by Gasteiger charge is 2.26. The van der Waals surface area contributed by atoms with Gasteiger partial charge in [-0.15, -0.1) is 0 Å². The summed E-state index contributed by atoms with van der Waals surface area (Å²) in [6.45, 7) is 3.62. The summed E-state index contributed by atoms with van der Waals surface area (Å²) in [5.41, 5.74) is 5.38. The molecule has 0 spiro atoms. The van der Waals surface area contributed by atoms with Gasteiger partial charge in [0.15, 0.2) is 6.10 Å². The Morgan fingerprint density at radius 2 is 0.753 bits per heavy atom. The van der Waals surface area contributed by atoms with Crippen LogP contribution in [0.2, 0.25) is 0 Å². The molecule has 422 valence electrons. The van der Waals surface area contributed by atoms with Crippen molar-refractivity contribution in [1.29, 1.82) is 0 Å². The van der Waals surface area contributed by atoms with Gasteiger partial charge in [0, 0.05) is 19.4 Å². The van der Waals surface area contributed by atoms with Gasteiger partial charge >= 0.3 is 19.8 Å². The van der Waals surface area contributed by atoms with Crippen molar-refractivity contribution in [1.82, 2.24) is 0 Å². The normalized spacial score (nSPS) is 13.6. The van der Waals surface area contributed by atoms with Crippen LogP contribution in [0.3, 0.4) is 0 Å². The van der Waals surface area contributed by atoms with Gasteiger partial charge in [-0.25, -0.2) is 4.57 Å². The number of hydrogen-bond donors (Lipinski definition) is 2. The molecule has 0 aromatic carbocycles. The zero-order chi connectivity index (χ0) is 53.1. The van der Waals surface area contributed by atoms with E-state index < -0.39 is 26.5 Å². The Kier molecular flexibility index (Phi) is 56.2. The predicted molar refractivity (Wildman–Crippen MR) is 312 cm³/mol. The number of rotatable bonds is 56. The summed E-state index contributed by atoms with van der Waals surface area (Å²) in [5.74, 6) is -0.840. The minimum Gasteiger partial charge on any atom is -0.462 e. The molecule has 0 aliphatic carbocycles. The minimum absolute atomic E-state index is 0.0480. The fourth-order valence-electron chi connectivity index (χ4n) is 8.34. The van der Waals surface area contributed by atoms with Crippen molar-refractivity contribution in [2.24, 2.45) is 5.73 Å². The van der Waals surface area contributed by atoms with E-state index in [0.29, 0.717) is 6.42 Å². The molecule has 0 bridgehead atoms. The fraction of sp³-hybridized carbons (Fsp3) is 0.746. The summed E-state index contributed by atoms with van der Waals surface area (Å²) in [6, 6.07) is 0. The highest BCUT2D eigenvalue weighted by atomic mass is 31.2. The fourth-order valence-corrected chi connectivity index (χ4v) is 9.11. The van der Waals surface area contributed by atoms with E-state index in [1.807, 2.05) is 0 Å². The number of ether oxygens (including phenoxy) is 2. The lowest BCUT2D eigenvalue weighted by atomic mass is 10.0.